The summed E-state index contributed by atoms with van der Waals surface area (Å²) in [6.45, 7) is 0.0875. The number of nitrogens with one attached hydrogen (secondary N) is 1. The van der Waals surface area contributed by atoms with Crippen molar-refractivity contribution in [1.29, 1.82) is 5.26 Å². The lowest BCUT2D eigenvalue weighted by Gasteiger charge is -2.11. The first-order valence-electron chi connectivity index (χ1n) is 4.61. The number of rotatable bonds is 5. The van der Waals surface area contributed by atoms with E-state index in [-0.39, 0.29) is 6.54 Å². The van der Waals surface area contributed by atoms with Crippen molar-refractivity contribution in [2.45, 2.75) is 6.04 Å². The van der Waals surface area contributed by atoms with E-state index in [1.165, 1.54) is 0 Å². The summed E-state index contributed by atoms with van der Waals surface area (Å²) in [5.41, 5.74) is 8.91. The SMILES string of the molecule is COc1cccc(NC(C#N)CN=[N+]=[N-])c1. The van der Waals surface area contributed by atoms with E-state index in [4.69, 9.17) is 15.5 Å². The van der Waals surface area contributed by atoms with Gasteiger partial charge in [-0.3, -0.25) is 0 Å². The van der Waals surface area contributed by atoms with Gasteiger partial charge in [-0.2, -0.15) is 5.26 Å². The Morgan fingerprint density at radius 1 is 1.69 bits per heavy atom. The molecular weight excluding hydrogens is 206 g/mol. The highest BCUT2D eigenvalue weighted by atomic mass is 16.5. The lowest BCUT2D eigenvalue weighted by Crippen LogP contribution is -2.20. The third kappa shape index (κ3) is 3.40. The Morgan fingerprint density at radius 3 is 3.12 bits per heavy atom. The summed E-state index contributed by atoms with van der Waals surface area (Å²) in [5.74, 6) is 0.700. The van der Waals surface area contributed by atoms with E-state index in [0.29, 0.717) is 5.75 Å². The summed E-state index contributed by atoms with van der Waals surface area (Å²) in [6, 6.07) is 8.65. The minimum atomic E-state index is -0.539. The quantitative estimate of drug-likeness (QED) is 0.465. The molecule has 0 aliphatic carbocycles. The van der Waals surface area contributed by atoms with Crippen molar-refractivity contribution < 1.29 is 4.74 Å². The van der Waals surface area contributed by atoms with Crippen molar-refractivity contribution in [1.82, 2.24) is 0 Å². The molecule has 0 aromatic heterocycles. The summed E-state index contributed by atoms with van der Waals surface area (Å²) in [6.07, 6.45) is 0. The number of methoxy groups -OCH3 is 1. The first-order valence-corrected chi connectivity index (χ1v) is 4.61. The molecule has 0 heterocycles. The van der Waals surface area contributed by atoms with E-state index in [1.54, 1.807) is 19.2 Å². The number of hydrogen-bond donors (Lipinski definition) is 1. The number of nitrogens with zero attached hydrogens (tertiary/aromatic N) is 4. The van der Waals surface area contributed by atoms with Crippen molar-refractivity contribution >= 4 is 5.69 Å². The number of nitriles is 1. The Labute approximate surface area is 93.1 Å². The van der Waals surface area contributed by atoms with E-state index in [2.05, 4.69) is 15.3 Å². The van der Waals surface area contributed by atoms with Crippen LogP contribution in [0.5, 0.6) is 5.75 Å². The molecule has 1 unspecified atom stereocenters. The molecule has 82 valence electrons. The van der Waals surface area contributed by atoms with Gasteiger partial charge in [0.2, 0.25) is 0 Å². The maximum atomic E-state index is 8.81. The highest BCUT2D eigenvalue weighted by Crippen LogP contribution is 2.17. The number of anilines is 1. The number of ether oxygens (including phenoxy) is 1. The fourth-order valence-electron chi connectivity index (χ4n) is 1.15. The minimum absolute atomic E-state index is 0.0875. The molecule has 0 aliphatic rings. The van der Waals surface area contributed by atoms with Crippen molar-refractivity contribution in [3.8, 4) is 11.8 Å². The molecule has 0 saturated heterocycles. The van der Waals surface area contributed by atoms with Gasteiger partial charge in [0.25, 0.3) is 0 Å². The van der Waals surface area contributed by atoms with Gasteiger partial charge in [0.05, 0.1) is 19.7 Å². The molecule has 0 amide bonds. The van der Waals surface area contributed by atoms with Gasteiger partial charge in [0.1, 0.15) is 11.8 Å². The maximum Gasteiger partial charge on any atom is 0.120 e. The number of azide groups is 1. The zero-order valence-electron chi connectivity index (χ0n) is 8.79. The Hall–Kier alpha value is -2.38. The van der Waals surface area contributed by atoms with E-state index in [1.807, 2.05) is 18.2 Å². The van der Waals surface area contributed by atoms with Gasteiger partial charge in [-0.1, -0.05) is 11.2 Å². The van der Waals surface area contributed by atoms with Gasteiger partial charge in [0, 0.05) is 16.7 Å². The van der Waals surface area contributed by atoms with Crippen LogP contribution in [0.4, 0.5) is 5.69 Å². The fourth-order valence-corrected chi connectivity index (χ4v) is 1.15. The van der Waals surface area contributed by atoms with Gasteiger partial charge in [-0.15, -0.1) is 0 Å². The van der Waals surface area contributed by atoms with Crippen LogP contribution < -0.4 is 10.1 Å². The van der Waals surface area contributed by atoms with Crippen LogP contribution in [0.3, 0.4) is 0 Å². The molecule has 1 aromatic carbocycles. The molecule has 1 N–H and O–H groups in total. The molecule has 1 rings (SSSR count). The predicted octanol–water partition coefficient (Wildman–Crippen LogP) is 2.31. The molecule has 0 bridgehead atoms. The van der Waals surface area contributed by atoms with Crippen molar-refractivity contribution in [3.63, 3.8) is 0 Å². The van der Waals surface area contributed by atoms with Crippen LogP contribution in [0.15, 0.2) is 29.4 Å². The summed E-state index contributed by atoms with van der Waals surface area (Å²) < 4.78 is 5.05. The summed E-state index contributed by atoms with van der Waals surface area (Å²) in [7, 11) is 1.57. The van der Waals surface area contributed by atoms with Gasteiger partial charge in [-0.25, -0.2) is 0 Å². The smallest absolute Gasteiger partial charge is 0.120 e. The Morgan fingerprint density at radius 2 is 2.50 bits per heavy atom. The normalized spacial score (nSPS) is 10.8. The van der Waals surface area contributed by atoms with E-state index < -0.39 is 6.04 Å². The van der Waals surface area contributed by atoms with Gasteiger partial charge >= 0.3 is 0 Å². The molecule has 0 saturated carbocycles. The van der Waals surface area contributed by atoms with Crippen LogP contribution in [0.25, 0.3) is 10.4 Å². The molecule has 0 spiro atoms. The van der Waals surface area contributed by atoms with Gasteiger partial charge in [0.15, 0.2) is 0 Å². The molecule has 6 heteroatoms. The van der Waals surface area contributed by atoms with Crippen molar-refractivity contribution in [3.05, 3.63) is 34.7 Å². The zero-order valence-corrected chi connectivity index (χ0v) is 8.79. The second kappa shape index (κ2) is 6.17. The number of hydrogen-bond acceptors (Lipinski definition) is 4. The highest BCUT2D eigenvalue weighted by Gasteiger charge is 2.05. The minimum Gasteiger partial charge on any atom is -0.497 e. The third-order valence-electron chi connectivity index (χ3n) is 1.89. The second-order valence-electron chi connectivity index (χ2n) is 2.97. The molecule has 1 atom stereocenters. The standard InChI is InChI=1S/C10H11N5O/c1-16-10-4-2-3-8(5-10)14-9(6-11)7-13-15-12/h2-5,9,14H,7H2,1H3. The van der Waals surface area contributed by atoms with Crippen LogP contribution in [-0.2, 0) is 0 Å². The van der Waals surface area contributed by atoms with E-state index in [0.717, 1.165) is 5.69 Å². The van der Waals surface area contributed by atoms with Gasteiger partial charge < -0.3 is 10.1 Å². The zero-order chi connectivity index (χ0) is 11.8. The molecule has 0 aliphatic heterocycles. The van der Waals surface area contributed by atoms with Crippen LogP contribution in [-0.4, -0.2) is 19.7 Å². The Balaban J connectivity index is 2.70. The van der Waals surface area contributed by atoms with E-state index in [9.17, 15) is 0 Å². The monoisotopic (exact) mass is 217 g/mol. The fraction of sp³-hybridized carbons (Fsp3) is 0.300. The lowest BCUT2D eigenvalue weighted by atomic mass is 10.2. The summed E-state index contributed by atoms with van der Waals surface area (Å²) in [4.78, 5) is 2.61. The van der Waals surface area contributed by atoms with Gasteiger partial charge in [-0.05, 0) is 17.7 Å². The summed E-state index contributed by atoms with van der Waals surface area (Å²) in [5, 5.41) is 15.1. The van der Waals surface area contributed by atoms with Crippen LogP contribution in [0.2, 0.25) is 0 Å². The largest absolute Gasteiger partial charge is 0.497 e. The molecule has 0 fully saturated rings. The second-order valence-corrected chi connectivity index (χ2v) is 2.97. The van der Waals surface area contributed by atoms with Crippen molar-refractivity contribution in [2.24, 2.45) is 5.11 Å². The maximum absolute atomic E-state index is 8.81. The molecule has 1 aromatic rings. The molecular formula is C10H11N5O. The van der Waals surface area contributed by atoms with E-state index >= 15 is 0 Å². The first-order chi connectivity index (χ1) is 7.80. The number of benzene rings is 1. The van der Waals surface area contributed by atoms with Crippen LogP contribution in [0.1, 0.15) is 0 Å². The Kier molecular flexibility index (Phi) is 4.51. The van der Waals surface area contributed by atoms with Crippen LogP contribution >= 0.6 is 0 Å². The average Bonchev–Trinajstić information content (AvgIpc) is 2.34. The summed E-state index contributed by atoms with van der Waals surface area (Å²) >= 11 is 0. The topological polar surface area (TPSA) is 93.8 Å². The first kappa shape index (κ1) is 11.7. The molecule has 0 radical (unpaired) electrons. The third-order valence-corrected chi connectivity index (χ3v) is 1.89. The van der Waals surface area contributed by atoms with Crippen molar-refractivity contribution in [2.75, 3.05) is 19.0 Å². The average molecular weight is 217 g/mol. The molecule has 16 heavy (non-hydrogen) atoms. The van der Waals surface area contributed by atoms with Crippen LogP contribution in [0, 0.1) is 11.3 Å². The lowest BCUT2D eigenvalue weighted by molar-refractivity contribution is 0.415. The highest BCUT2D eigenvalue weighted by molar-refractivity contribution is 5.49. The Bertz CT molecular complexity index is 433. The molecule has 6 nitrogen and oxygen atoms in total. The predicted molar refractivity (Wildman–Crippen MR) is 60.0 cm³/mol.